The number of carboxylic acids is 1. The van der Waals surface area contributed by atoms with Crippen LogP contribution < -0.4 is 10.4 Å². The lowest BCUT2D eigenvalue weighted by Gasteiger charge is -2.13. The van der Waals surface area contributed by atoms with Crippen molar-refractivity contribution in [1.82, 2.24) is 0 Å². The van der Waals surface area contributed by atoms with Gasteiger partial charge in [0.05, 0.1) is 5.75 Å². The van der Waals surface area contributed by atoms with Crippen molar-refractivity contribution in [1.29, 1.82) is 0 Å². The largest absolute Gasteiger partial charge is 0.544 e. The molecule has 0 unspecified atom stereocenters. The van der Waals surface area contributed by atoms with Gasteiger partial charge >= 0.3 is 0 Å². The summed E-state index contributed by atoms with van der Waals surface area (Å²) in [5, 5.41) is 15.3. The Kier molecular flexibility index (Phi) is 2.97. The van der Waals surface area contributed by atoms with Gasteiger partial charge in [-0.05, 0) is 10.8 Å². The monoisotopic (exact) mass is 259 g/mol. The Morgan fingerprint density at radius 3 is 2.78 bits per heavy atom. The van der Waals surface area contributed by atoms with Crippen LogP contribution in [0, 0.1) is 0 Å². The SMILES string of the molecule is O=C([O-])[C@@H]1CS[C@@H](c2cccc3ccccc23)[NH2+]1. The first-order valence-corrected chi connectivity index (χ1v) is 6.96. The van der Waals surface area contributed by atoms with E-state index in [0.29, 0.717) is 5.75 Å². The Morgan fingerprint density at radius 1 is 1.22 bits per heavy atom. The number of carboxylic acid groups (broad SMARTS) is 1. The maximum Gasteiger partial charge on any atom is 0.160 e. The van der Waals surface area contributed by atoms with E-state index in [1.165, 1.54) is 16.3 Å². The fourth-order valence-corrected chi connectivity index (χ4v) is 3.72. The van der Waals surface area contributed by atoms with E-state index in [9.17, 15) is 9.90 Å². The highest BCUT2D eigenvalue weighted by Crippen LogP contribution is 2.31. The van der Waals surface area contributed by atoms with Crippen molar-refractivity contribution in [3.8, 4) is 0 Å². The first-order valence-electron chi connectivity index (χ1n) is 5.91. The highest BCUT2D eigenvalue weighted by atomic mass is 32.2. The number of hydrogen-bond donors (Lipinski definition) is 1. The molecule has 1 fully saturated rings. The molecule has 2 N–H and O–H groups in total. The molecule has 1 heterocycles. The van der Waals surface area contributed by atoms with Crippen LogP contribution in [0.25, 0.3) is 10.8 Å². The van der Waals surface area contributed by atoms with Crippen molar-refractivity contribution in [2.24, 2.45) is 0 Å². The van der Waals surface area contributed by atoms with Gasteiger partial charge in [0.2, 0.25) is 0 Å². The van der Waals surface area contributed by atoms with Crippen LogP contribution in [0.2, 0.25) is 0 Å². The number of nitrogens with two attached hydrogens (primary N) is 1. The Labute approximate surface area is 109 Å². The molecule has 0 amide bonds. The maximum atomic E-state index is 10.9. The molecule has 0 aliphatic carbocycles. The van der Waals surface area contributed by atoms with E-state index in [4.69, 9.17) is 0 Å². The van der Waals surface area contributed by atoms with E-state index in [1.807, 2.05) is 23.5 Å². The second kappa shape index (κ2) is 4.63. The van der Waals surface area contributed by atoms with Crippen molar-refractivity contribution in [2.75, 3.05) is 5.75 Å². The Hall–Kier alpha value is -1.52. The van der Waals surface area contributed by atoms with Crippen LogP contribution in [0.15, 0.2) is 42.5 Å². The van der Waals surface area contributed by atoms with E-state index < -0.39 is 12.0 Å². The average molecular weight is 259 g/mol. The second-order valence-electron chi connectivity index (χ2n) is 4.44. The number of thioether (sulfide) groups is 1. The van der Waals surface area contributed by atoms with Crippen LogP contribution in [0.5, 0.6) is 0 Å². The van der Waals surface area contributed by atoms with Crippen LogP contribution in [-0.2, 0) is 4.79 Å². The minimum atomic E-state index is -0.967. The number of aliphatic carboxylic acids is 1. The van der Waals surface area contributed by atoms with Gasteiger partial charge in [0, 0.05) is 5.56 Å². The first kappa shape index (κ1) is 11.6. The predicted molar refractivity (Wildman–Crippen MR) is 69.9 cm³/mol. The molecule has 18 heavy (non-hydrogen) atoms. The fourth-order valence-electron chi connectivity index (χ4n) is 2.37. The van der Waals surface area contributed by atoms with Gasteiger partial charge in [-0.1, -0.05) is 54.2 Å². The molecule has 0 aromatic heterocycles. The van der Waals surface area contributed by atoms with Gasteiger partial charge in [-0.2, -0.15) is 0 Å². The normalized spacial score (nSPS) is 23.3. The quantitative estimate of drug-likeness (QED) is 0.842. The first-order chi connectivity index (χ1) is 8.75. The summed E-state index contributed by atoms with van der Waals surface area (Å²) in [5.74, 6) is -0.360. The van der Waals surface area contributed by atoms with Gasteiger partial charge in [-0.15, -0.1) is 0 Å². The molecule has 1 aliphatic heterocycles. The van der Waals surface area contributed by atoms with Gasteiger partial charge in [-0.25, -0.2) is 0 Å². The topological polar surface area (TPSA) is 56.7 Å². The molecule has 2 aromatic rings. The molecule has 2 atom stereocenters. The number of rotatable bonds is 2. The molecule has 0 spiro atoms. The molecule has 1 saturated heterocycles. The third kappa shape index (κ3) is 1.98. The molecule has 4 heteroatoms. The van der Waals surface area contributed by atoms with E-state index in [0.717, 1.165) is 0 Å². The van der Waals surface area contributed by atoms with Crippen LogP contribution >= 0.6 is 11.8 Å². The highest BCUT2D eigenvalue weighted by Gasteiger charge is 2.31. The molecule has 1 aliphatic rings. The minimum Gasteiger partial charge on any atom is -0.544 e. The Bertz CT molecular complexity index is 594. The van der Waals surface area contributed by atoms with Gasteiger partial charge in [-0.3, -0.25) is 0 Å². The molecular formula is C14H13NO2S. The number of hydrogen-bond acceptors (Lipinski definition) is 3. The standard InChI is InChI=1S/C14H13NO2S/c16-14(17)12-8-18-13(15-12)11-7-3-5-9-4-1-2-6-10(9)11/h1-7,12-13,15H,8H2,(H,16,17)/t12-,13-/m0/s1. The molecular weight excluding hydrogens is 246 g/mol. The number of carbonyl (C=O) groups is 1. The lowest BCUT2D eigenvalue weighted by atomic mass is 10.0. The summed E-state index contributed by atoms with van der Waals surface area (Å²) in [6.07, 6.45) is 0. The lowest BCUT2D eigenvalue weighted by molar-refractivity contribution is -0.690. The average Bonchev–Trinajstić information content (AvgIpc) is 2.87. The zero-order valence-electron chi connectivity index (χ0n) is 9.71. The predicted octanol–water partition coefficient (Wildman–Crippen LogP) is 0.267. The van der Waals surface area contributed by atoms with E-state index >= 15 is 0 Å². The highest BCUT2D eigenvalue weighted by molar-refractivity contribution is 7.99. The van der Waals surface area contributed by atoms with Crippen molar-refractivity contribution in [3.63, 3.8) is 0 Å². The molecule has 2 aromatic carbocycles. The summed E-state index contributed by atoms with van der Waals surface area (Å²) < 4.78 is 0. The number of carbonyl (C=O) groups excluding carboxylic acids is 1. The van der Waals surface area contributed by atoms with E-state index in [1.54, 1.807) is 11.8 Å². The van der Waals surface area contributed by atoms with Crippen LogP contribution in [0.1, 0.15) is 10.9 Å². The van der Waals surface area contributed by atoms with Crippen molar-refractivity contribution in [2.45, 2.75) is 11.4 Å². The van der Waals surface area contributed by atoms with Gasteiger partial charge in [0.15, 0.2) is 5.37 Å². The van der Waals surface area contributed by atoms with Gasteiger partial charge in [0.1, 0.15) is 12.0 Å². The maximum absolute atomic E-state index is 10.9. The third-order valence-corrected chi connectivity index (χ3v) is 4.62. The summed E-state index contributed by atoms with van der Waals surface area (Å²) in [5.41, 5.74) is 1.20. The number of fused-ring (bicyclic) bond motifs is 1. The summed E-state index contributed by atoms with van der Waals surface area (Å²) in [6, 6.07) is 13.9. The molecule has 92 valence electrons. The minimum absolute atomic E-state index is 0.152. The van der Waals surface area contributed by atoms with Crippen molar-refractivity contribution >= 4 is 28.5 Å². The molecule has 0 radical (unpaired) electrons. The molecule has 3 rings (SSSR count). The second-order valence-corrected chi connectivity index (χ2v) is 5.61. The smallest absolute Gasteiger partial charge is 0.160 e. The summed E-state index contributed by atoms with van der Waals surface area (Å²) in [4.78, 5) is 10.9. The van der Waals surface area contributed by atoms with Crippen LogP contribution in [-0.4, -0.2) is 17.8 Å². The van der Waals surface area contributed by atoms with Crippen LogP contribution in [0.3, 0.4) is 0 Å². The molecule has 0 saturated carbocycles. The van der Waals surface area contributed by atoms with Gasteiger partial charge in [0.25, 0.3) is 0 Å². The molecule has 3 nitrogen and oxygen atoms in total. The summed E-state index contributed by atoms with van der Waals surface area (Å²) >= 11 is 1.67. The molecule has 0 bridgehead atoms. The third-order valence-electron chi connectivity index (χ3n) is 3.30. The van der Waals surface area contributed by atoms with Crippen LogP contribution in [0.4, 0.5) is 0 Å². The Morgan fingerprint density at radius 2 is 2.00 bits per heavy atom. The fraction of sp³-hybridized carbons (Fsp3) is 0.214. The summed E-state index contributed by atoms with van der Waals surface area (Å²) in [6.45, 7) is 0. The zero-order chi connectivity index (χ0) is 12.5. The van der Waals surface area contributed by atoms with E-state index in [-0.39, 0.29) is 5.37 Å². The Balaban J connectivity index is 1.98. The van der Waals surface area contributed by atoms with Gasteiger partial charge < -0.3 is 15.2 Å². The zero-order valence-corrected chi connectivity index (χ0v) is 10.5. The van der Waals surface area contributed by atoms with E-state index in [2.05, 4.69) is 24.3 Å². The lowest BCUT2D eigenvalue weighted by Crippen LogP contribution is -2.90. The van der Waals surface area contributed by atoms with Crippen molar-refractivity contribution < 1.29 is 15.2 Å². The van der Waals surface area contributed by atoms with Crippen molar-refractivity contribution in [3.05, 3.63) is 48.0 Å². The summed E-state index contributed by atoms with van der Waals surface area (Å²) in [7, 11) is 0. The number of benzene rings is 2. The number of quaternary nitrogens is 1.